The Morgan fingerprint density at radius 1 is 0.806 bits per heavy atom. The number of benzene rings is 4. The molecule has 4 aromatic rings. The highest BCUT2D eigenvalue weighted by atomic mass is 35.5. The number of hydrogen-bond donors (Lipinski definition) is 1. The number of hydrogen-bond acceptors (Lipinski definition) is 3. The van der Waals surface area contributed by atoms with Gasteiger partial charge in [-0.3, -0.25) is 9.10 Å². The maximum atomic E-state index is 13.7. The Morgan fingerprint density at radius 3 is 2.03 bits per heavy atom. The topological polar surface area (TPSA) is 66.5 Å². The standard InChI is InChI=1S/C29H27ClN2O3S/c1-21-10-6-8-14-26(21)29(23-12-4-3-5-13-23)31-28(33)20-32(27-15-9-7-11-22(27)2)36(34,35)25-18-16-24(30)17-19-25/h3-19,29H,20H2,1-2H3,(H,31,33)/t29-/m0/s1. The van der Waals surface area contributed by atoms with Crippen LogP contribution in [0.25, 0.3) is 0 Å². The van der Waals surface area contributed by atoms with Crippen LogP contribution in [0.3, 0.4) is 0 Å². The lowest BCUT2D eigenvalue weighted by atomic mass is 9.95. The molecular formula is C29H27ClN2O3S. The van der Waals surface area contributed by atoms with E-state index in [4.69, 9.17) is 11.6 Å². The number of halogens is 1. The smallest absolute Gasteiger partial charge is 0.264 e. The van der Waals surface area contributed by atoms with E-state index >= 15 is 0 Å². The number of nitrogens with one attached hydrogen (secondary N) is 1. The van der Waals surface area contributed by atoms with Gasteiger partial charge in [0.05, 0.1) is 16.6 Å². The molecule has 0 saturated carbocycles. The number of nitrogens with zero attached hydrogens (tertiary/aromatic N) is 1. The van der Waals surface area contributed by atoms with Gasteiger partial charge in [0.25, 0.3) is 10.0 Å². The number of aryl methyl sites for hydroxylation is 2. The summed E-state index contributed by atoms with van der Waals surface area (Å²) in [6.45, 7) is 3.42. The van der Waals surface area contributed by atoms with Crippen LogP contribution < -0.4 is 9.62 Å². The minimum absolute atomic E-state index is 0.0569. The molecule has 0 aliphatic heterocycles. The average Bonchev–Trinajstić information content (AvgIpc) is 2.88. The second kappa shape index (κ2) is 11.0. The highest BCUT2D eigenvalue weighted by Crippen LogP contribution is 2.29. The van der Waals surface area contributed by atoms with Crippen molar-refractivity contribution < 1.29 is 13.2 Å². The normalized spacial score (nSPS) is 12.1. The molecule has 0 saturated heterocycles. The molecule has 4 rings (SSSR count). The number of anilines is 1. The highest BCUT2D eigenvalue weighted by Gasteiger charge is 2.29. The molecule has 184 valence electrons. The van der Waals surface area contributed by atoms with Gasteiger partial charge in [0.15, 0.2) is 0 Å². The quantitative estimate of drug-likeness (QED) is 0.308. The van der Waals surface area contributed by atoms with E-state index in [9.17, 15) is 13.2 Å². The molecule has 0 radical (unpaired) electrons. The third-order valence-corrected chi connectivity index (χ3v) is 8.04. The summed E-state index contributed by atoms with van der Waals surface area (Å²) in [5.74, 6) is -0.423. The summed E-state index contributed by atoms with van der Waals surface area (Å²) < 4.78 is 28.6. The van der Waals surface area contributed by atoms with Gasteiger partial charge in [-0.15, -0.1) is 0 Å². The highest BCUT2D eigenvalue weighted by molar-refractivity contribution is 7.92. The van der Waals surface area contributed by atoms with Gasteiger partial charge in [-0.2, -0.15) is 0 Å². The largest absolute Gasteiger partial charge is 0.344 e. The van der Waals surface area contributed by atoms with E-state index in [-0.39, 0.29) is 11.4 Å². The van der Waals surface area contributed by atoms with Gasteiger partial charge in [0, 0.05) is 5.02 Å². The zero-order valence-electron chi connectivity index (χ0n) is 20.1. The lowest BCUT2D eigenvalue weighted by Crippen LogP contribution is -2.42. The Bertz CT molecular complexity index is 1460. The molecule has 0 spiro atoms. The summed E-state index contributed by atoms with van der Waals surface area (Å²) in [6, 6.07) is 30.1. The molecule has 5 nitrogen and oxygen atoms in total. The van der Waals surface area contributed by atoms with Crippen LogP contribution in [0.2, 0.25) is 5.02 Å². The first kappa shape index (κ1) is 25.5. The molecule has 1 N–H and O–H groups in total. The van der Waals surface area contributed by atoms with Crippen LogP contribution in [-0.4, -0.2) is 20.9 Å². The van der Waals surface area contributed by atoms with Gasteiger partial charge in [0.1, 0.15) is 6.54 Å². The van der Waals surface area contributed by atoms with Crippen molar-refractivity contribution in [2.24, 2.45) is 0 Å². The van der Waals surface area contributed by atoms with E-state index in [0.717, 1.165) is 26.6 Å². The van der Waals surface area contributed by atoms with Crippen LogP contribution in [-0.2, 0) is 14.8 Å². The van der Waals surface area contributed by atoms with Crippen molar-refractivity contribution in [2.75, 3.05) is 10.8 Å². The monoisotopic (exact) mass is 518 g/mol. The van der Waals surface area contributed by atoms with Crippen molar-refractivity contribution >= 4 is 33.2 Å². The number of para-hydroxylation sites is 1. The number of carbonyl (C=O) groups excluding carboxylic acids is 1. The maximum absolute atomic E-state index is 13.7. The fourth-order valence-electron chi connectivity index (χ4n) is 4.11. The Morgan fingerprint density at radius 2 is 1.39 bits per heavy atom. The van der Waals surface area contributed by atoms with Crippen molar-refractivity contribution in [3.8, 4) is 0 Å². The maximum Gasteiger partial charge on any atom is 0.264 e. The predicted molar refractivity (Wildman–Crippen MR) is 145 cm³/mol. The number of sulfonamides is 1. The molecule has 0 fully saturated rings. The van der Waals surface area contributed by atoms with E-state index in [1.807, 2.05) is 80.6 Å². The van der Waals surface area contributed by atoms with Crippen molar-refractivity contribution in [1.29, 1.82) is 0 Å². The van der Waals surface area contributed by atoms with Gasteiger partial charge in [-0.25, -0.2) is 8.42 Å². The molecule has 7 heteroatoms. The molecule has 0 unspecified atom stereocenters. The average molecular weight is 519 g/mol. The molecule has 0 aliphatic rings. The summed E-state index contributed by atoms with van der Waals surface area (Å²) in [5.41, 5.74) is 4.05. The zero-order chi connectivity index (χ0) is 25.7. The van der Waals surface area contributed by atoms with E-state index in [0.29, 0.717) is 10.7 Å². The number of rotatable bonds is 8. The molecule has 1 atom stereocenters. The summed E-state index contributed by atoms with van der Waals surface area (Å²) >= 11 is 5.98. The zero-order valence-corrected chi connectivity index (χ0v) is 21.6. The first-order valence-corrected chi connectivity index (χ1v) is 13.3. The van der Waals surface area contributed by atoms with Crippen molar-refractivity contribution in [1.82, 2.24) is 5.32 Å². The van der Waals surface area contributed by atoms with E-state index in [1.165, 1.54) is 24.3 Å². The van der Waals surface area contributed by atoms with E-state index in [2.05, 4.69) is 5.32 Å². The van der Waals surface area contributed by atoms with Crippen LogP contribution in [0.1, 0.15) is 28.3 Å². The summed E-state index contributed by atoms with van der Waals surface area (Å²) in [7, 11) is -4.05. The number of amides is 1. The third-order valence-electron chi connectivity index (χ3n) is 6.01. The molecule has 4 aromatic carbocycles. The minimum atomic E-state index is -4.05. The molecular weight excluding hydrogens is 492 g/mol. The first-order chi connectivity index (χ1) is 17.3. The Hall–Kier alpha value is -3.61. The molecule has 0 bridgehead atoms. The van der Waals surface area contributed by atoms with Crippen LogP contribution >= 0.6 is 11.6 Å². The van der Waals surface area contributed by atoms with Gasteiger partial charge in [-0.1, -0.05) is 84.4 Å². The Labute approximate surface area is 217 Å². The van der Waals surface area contributed by atoms with Crippen molar-refractivity contribution in [2.45, 2.75) is 24.8 Å². The second-order valence-electron chi connectivity index (χ2n) is 8.52. The van der Waals surface area contributed by atoms with Crippen molar-refractivity contribution in [3.05, 3.63) is 130 Å². The molecule has 0 aliphatic carbocycles. The summed E-state index contributed by atoms with van der Waals surface area (Å²) in [6.07, 6.45) is 0. The third kappa shape index (κ3) is 5.61. The van der Waals surface area contributed by atoms with Crippen LogP contribution in [0.15, 0.2) is 108 Å². The van der Waals surface area contributed by atoms with Gasteiger partial charge < -0.3 is 5.32 Å². The molecule has 1 amide bonds. The van der Waals surface area contributed by atoms with Crippen molar-refractivity contribution in [3.63, 3.8) is 0 Å². The Kier molecular flexibility index (Phi) is 7.77. The van der Waals surface area contributed by atoms with Gasteiger partial charge in [0.2, 0.25) is 5.91 Å². The van der Waals surface area contributed by atoms with Gasteiger partial charge in [-0.05, 0) is 66.4 Å². The minimum Gasteiger partial charge on any atom is -0.344 e. The molecule has 0 heterocycles. The second-order valence-corrected chi connectivity index (χ2v) is 10.8. The first-order valence-electron chi connectivity index (χ1n) is 11.5. The SMILES string of the molecule is Cc1ccccc1[C@@H](NC(=O)CN(c1ccccc1C)S(=O)(=O)c1ccc(Cl)cc1)c1ccccc1. The lowest BCUT2D eigenvalue weighted by molar-refractivity contribution is -0.120. The fraction of sp³-hybridized carbons (Fsp3) is 0.138. The number of carbonyl (C=O) groups is 1. The van der Waals surface area contributed by atoms with Crippen LogP contribution in [0, 0.1) is 13.8 Å². The van der Waals surface area contributed by atoms with Crippen LogP contribution in [0.5, 0.6) is 0 Å². The van der Waals surface area contributed by atoms with E-state index < -0.39 is 22.0 Å². The summed E-state index contributed by atoms with van der Waals surface area (Å²) in [4.78, 5) is 13.6. The Balaban J connectivity index is 1.71. The lowest BCUT2D eigenvalue weighted by Gasteiger charge is -2.27. The summed E-state index contributed by atoms with van der Waals surface area (Å²) in [5, 5.41) is 3.51. The molecule has 0 aromatic heterocycles. The molecule has 36 heavy (non-hydrogen) atoms. The van der Waals surface area contributed by atoms with Gasteiger partial charge >= 0.3 is 0 Å². The predicted octanol–water partition coefficient (Wildman–Crippen LogP) is 6.06. The van der Waals surface area contributed by atoms with E-state index in [1.54, 1.807) is 12.1 Å². The van der Waals surface area contributed by atoms with Crippen LogP contribution in [0.4, 0.5) is 5.69 Å². The fourth-order valence-corrected chi connectivity index (χ4v) is 5.72.